The summed E-state index contributed by atoms with van der Waals surface area (Å²) in [6, 6.07) is 8.26. The summed E-state index contributed by atoms with van der Waals surface area (Å²) < 4.78 is 1.05. The molecule has 0 radical (unpaired) electrons. The SMILES string of the molecule is CCNC(C)CC(=O)NC(C)c1ccc(Br)cc1. The highest BCUT2D eigenvalue weighted by Crippen LogP contribution is 2.16. The van der Waals surface area contributed by atoms with E-state index in [0.717, 1.165) is 16.6 Å². The predicted molar refractivity (Wildman–Crippen MR) is 78.5 cm³/mol. The van der Waals surface area contributed by atoms with Crippen LogP contribution in [0.4, 0.5) is 0 Å². The summed E-state index contributed by atoms with van der Waals surface area (Å²) in [6.45, 7) is 6.95. The first kappa shape index (κ1) is 15.2. The van der Waals surface area contributed by atoms with Gasteiger partial charge < -0.3 is 10.6 Å². The van der Waals surface area contributed by atoms with Crippen LogP contribution in [0.15, 0.2) is 28.7 Å². The molecule has 0 heterocycles. The third kappa shape index (κ3) is 5.19. The van der Waals surface area contributed by atoms with Crippen LogP contribution in [0.25, 0.3) is 0 Å². The molecule has 1 aromatic carbocycles. The summed E-state index contributed by atoms with van der Waals surface area (Å²) in [5.74, 6) is 0.0823. The van der Waals surface area contributed by atoms with Gasteiger partial charge in [-0.3, -0.25) is 4.79 Å². The molecule has 1 rings (SSSR count). The van der Waals surface area contributed by atoms with Crippen molar-refractivity contribution in [2.45, 2.75) is 39.3 Å². The highest BCUT2D eigenvalue weighted by Gasteiger charge is 2.12. The lowest BCUT2D eigenvalue weighted by Crippen LogP contribution is -2.34. The van der Waals surface area contributed by atoms with Crippen molar-refractivity contribution < 1.29 is 4.79 Å². The summed E-state index contributed by atoms with van der Waals surface area (Å²) >= 11 is 3.40. The van der Waals surface area contributed by atoms with Gasteiger partial charge in [0.25, 0.3) is 0 Å². The van der Waals surface area contributed by atoms with E-state index in [1.165, 1.54) is 0 Å². The lowest BCUT2D eigenvalue weighted by Gasteiger charge is -2.17. The molecule has 0 saturated heterocycles. The predicted octanol–water partition coefficient (Wildman–Crippen LogP) is 3.01. The van der Waals surface area contributed by atoms with Crippen LogP contribution >= 0.6 is 15.9 Å². The number of halogens is 1. The summed E-state index contributed by atoms with van der Waals surface area (Å²) in [7, 11) is 0. The molecule has 0 aromatic heterocycles. The number of benzene rings is 1. The van der Waals surface area contributed by atoms with Crippen LogP contribution in [0.5, 0.6) is 0 Å². The molecule has 0 aliphatic carbocycles. The fraction of sp³-hybridized carbons (Fsp3) is 0.500. The fourth-order valence-electron chi connectivity index (χ4n) is 1.83. The zero-order valence-corrected chi connectivity index (χ0v) is 12.8. The summed E-state index contributed by atoms with van der Waals surface area (Å²) in [6.07, 6.45) is 0.509. The van der Waals surface area contributed by atoms with E-state index in [0.29, 0.717) is 6.42 Å². The van der Waals surface area contributed by atoms with Crippen molar-refractivity contribution in [1.82, 2.24) is 10.6 Å². The Balaban J connectivity index is 2.46. The van der Waals surface area contributed by atoms with Gasteiger partial charge in [-0.05, 0) is 38.1 Å². The lowest BCUT2D eigenvalue weighted by molar-refractivity contribution is -0.122. The molecule has 0 aliphatic heterocycles. The van der Waals surface area contributed by atoms with Crippen LogP contribution in [0, 0.1) is 0 Å². The molecule has 3 nitrogen and oxygen atoms in total. The number of nitrogens with one attached hydrogen (secondary N) is 2. The number of hydrogen-bond donors (Lipinski definition) is 2. The van der Waals surface area contributed by atoms with E-state index in [1.54, 1.807) is 0 Å². The van der Waals surface area contributed by atoms with Crippen LogP contribution < -0.4 is 10.6 Å². The van der Waals surface area contributed by atoms with Crippen LogP contribution in [-0.4, -0.2) is 18.5 Å². The second-order valence-electron chi connectivity index (χ2n) is 4.50. The van der Waals surface area contributed by atoms with Gasteiger partial charge in [-0.1, -0.05) is 35.0 Å². The van der Waals surface area contributed by atoms with Gasteiger partial charge >= 0.3 is 0 Å². The second-order valence-corrected chi connectivity index (χ2v) is 5.42. The minimum Gasteiger partial charge on any atom is -0.350 e. The van der Waals surface area contributed by atoms with Gasteiger partial charge in [-0.25, -0.2) is 0 Å². The van der Waals surface area contributed by atoms with Gasteiger partial charge in [0.15, 0.2) is 0 Å². The molecule has 4 heteroatoms. The molecular formula is C14H21BrN2O. The van der Waals surface area contributed by atoms with E-state index in [4.69, 9.17) is 0 Å². The van der Waals surface area contributed by atoms with Crippen molar-refractivity contribution in [3.05, 3.63) is 34.3 Å². The molecule has 2 atom stereocenters. The minimum absolute atomic E-state index is 0.0411. The molecule has 1 aromatic rings. The van der Waals surface area contributed by atoms with Crippen LogP contribution in [0.2, 0.25) is 0 Å². The van der Waals surface area contributed by atoms with Crippen molar-refractivity contribution in [2.24, 2.45) is 0 Å². The van der Waals surface area contributed by atoms with Crippen molar-refractivity contribution in [3.8, 4) is 0 Å². The molecule has 0 aliphatic rings. The van der Waals surface area contributed by atoms with Crippen molar-refractivity contribution >= 4 is 21.8 Å². The van der Waals surface area contributed by atoms with Crippen molar-refractivity contribution in [2.75, 3.05) is 6.54 Å². The molecule has 2 unspecified atom stereocenters. The van der Waals surface area contributed by atoms with Gasteiger partial charge in [0.05, 0.1) is 6.04 Å². The average molecular weight is 313 g/mol. The third-order valence-corrected chi connectivity index (χ3v) is 3.32. The van der Waals surface area contributed by atoms with Crippen LogP contribution in [0.1, 0.15) is 38.8 Å². The Labute approximate surface area is 117 Å². The van der Waals surface area contributed by atoms with Gasteiger partial charge in [0.1, 0.15) is 0 Å². The van der Waals surface area contributed by atoms with E-state index in [2.05, 4.69) is 26.6 Å². The number of hydrogen-bond acceptors (Lipinski definition) is 2. The summed E-state index contributed by atoms with van der Waals surface area (Å²) in [5, 5.41) is 6.24. The summed E-state index contributed by atoms with van der Waals surface area (Å²) in [5.41, 5.74) is 1.11. The smallest absolute Gasteiger partial charge is 0.222 e. The maximum Gasteiger partial charge on any atom is 0.222 e. The molecular weight excluding hydrogens is 292 g/mol. The van der Waals surface area contributed by atoms with Gasteiger partial charge in [-0.15, -0.1) is 0 Å². The molecule has 1 amide bonds. The quantitative estimate of drug-likeness (QED) is 0.847. The number of amides is 1. The second kappa shape index (κ2) is 7.54. The molecule has 0 fully saturated rings. The van der Waals surface area contributed by atoms with Gasteiger partial charge in [0, 0.05) is 16.9 Å². The number of rotatable bonds is 6. The Kier molecular flexibility index (Phi) is 6.36. The monoisotopic (exact) mass is 312 g/mol. The highest BCUT2D eigenvalue weighted by atomic mass is 79.9. The summed E-state index contributed by atoms with van der Waals surface area (Å²) in [4.78, 5) is 11.8. The standard InChI is InChI=1S/C14H21BrN2O/c1-4-16-10(2)9-14(18)17-11(3)12-5-7-13(15)8-6-12/h5-8,10-11,16H,4,9H2,1-3H3,(H,17,18). The minimum atomic E-state index is 0.0411. The van der Waals surface area contributed by atoms with E-state index in [9.17, 15) is 4.79 Å². The van der Waals surface area contributed by atoms with Crippen LogP contribution in [0.3, 0.4) is 0 Å². The molecule has 18 heavy (non-hydrogen) atoms. The fourth-order valence-corrected chi connectivity index (χ4v) is 2.10. The average Bonchev–Trinajstić information content (AvgIpc) is 2.29. The maximum atomic E-state index is 11.8. The molecule has 0 spiro atoms. The van der Waals surface area contributed by atoms with Gasteiger partial charge in [-0.2, -0.15) is 0 Å². The van der Waals surface area contributed by atoms with E-state index < -0.39 is 0 Å². The largest absolute Gasteiger partial charge is 0.350 e. The first-order valence-corrected chi connectivity index (χ1v) is 7.10. The zero-order valence-electron chi connectivity index (χ0n) is 11.2. The Morgan fingerprint density at radius 2 is 1.89 bits per heavy atom. The first-order valence-electron chi connectivity index (χ1n) is 6.31. The molecule has 2 N–H and O–H groups in total. The van der Waals surface area contributed by atoms with Crippen molar-refractivity contribution in [3.63, 3.8) is 0 Å². The number of carbonyl (C=O) groups excluding carboxylic acids is 1. The molecule has 100 valence electrons. The number of carbonyl (C=O) groups is 1. The zero-order chi connectivity index (χ0) is 13.5. The molecule has 0 saturated carbocycles. The van der Waals surface area contributed by atoms with E-state index in [-0.39, 0.29) is 18.0 Å². The van der Waals surface area contributed by atoms with E-state index >= 15 is 0 Å². The Morgan fingerprint density at radius 1 is 1.28 bits per heavy atom. The first-order chi connectivity index (χ1) is 8.52. The van der Waals surface area contributed by atoms with E-state index in [1.807, 2.05) is 45.0 Å². The topological polar surface area (TPSA) is 41.1 Å². The van der Waals surface area contributed by atoms with Gasteiger partial charge in [0.2, 0.25) is 5.91 Å². The normalized spacial score (nSPS) is 14.0. The van der Waals surface area contributed by atoms with Crippen molar-refractivity contribution in [1.29, 1.82) is 0 Å². The lowest BCUT2D eigenvalue weighted by atomic mass is 10.1. The maximum absolute atomic E-state index is 11.8. The van der Waals surface area contributed by atoms with Crippen LogP contribution in [-0.2, 0) is 4.79 Å². The third-order valence-electron chi connectivity index (χ3n) is 2.79. The Hall–Kier alpha value is -0.870. The molecule has 0 bridgehead atoms. The Bertz CT molecular complexity index is 378. The highest BCUT2D eigenvalue weighted by molar-refractivity contribution is 9.10. The Morgan fingerprint density at radius 3 is 2.44 bits per heavy atom.